The topological polar surface area (TPSA) is 43.7 Å². The summed E-state index contributed by atoms with van der Waals surface area (Å²) in [6.07, 6.45) is 1.62. The first-order chi connectivity index (χ1) is 3.85. The van der Waals surface area contributed by atoms with Gasteiger partial charge in [-0.3, -0.25) is 4.90 Å². The van der Waals surface area contributed by atoms with E-state index in [1.165, 1.54) is 4.90 Å². The van der Waals surface area contributed by atoms with Crippen LogP contribution in [0.1, 0.15) is 0 Å². The van der Waals surface area contributed by atoms with Crippen LogP contribution in [-0.4, -0.2) is 35.1 Å². The molecule has 0 saturated carbocycles. The summed E-state index contributed by atoms with van der Waals surface area (Å²) in [6.45, 7) is 3.71. The first kappa shape index (κ1) is 7.62. The molecule has 2 N–H and O–H groups in total. The molecular weight excluding hydrogens is 106 g/mol. The molecule has 0 fully saturated rings. The van der Waals surface area contributed by atoms with Crippen LogP contribution >= 0.6 is 0 Å². The standard InChI is InChI=1S/C5H11NO2/c1-2-3-6(4-7)5-8/h2,7-8H,1,3-5H2. The van der Waals surface area contributed by atoms with E-state index in [1.54, 1.807) is 6.08 Å². The van der Waals surface area contributed by atoms with Crippen molar-refractivity contribution in [2.45, 2.75) is 0 Å². The maximum absolute atomic E-state index is 8.38. The highest BCUT2D eigenvalue weighted by molar-refractivity contribution is 4.69. The predicted octanol–water partition coefficient (Wildman–Crippen LogP) is -0.626. The van der Waals surface area contributed by atoms with Crippen molar-refractivity contribution in [3.63, 3.8) is 0 Å². The maximum atomic E-state index is 8.38. The molecule has 0 aromatic rings. The molecule has 8 heavy (non-hydrogen) atoms. The molecule has 0 radical (unpaired) electrons. The van der Waals surface area contributed by atoms with Crippen LogP contribution in [0.15, 0.2) is 12.7 Å². The van der Waals surface area contributed by atoms with Gasteiger partial charge in [-0.1, -0.05) is 6.08 Å². The Kier molecular flexibility index (Phi) is 4.54. The molecule has 48 valence electrons. The molecule has 0 rings (SSSR count). The van der Waals surface area contributed by atoms with Crippen LogP contribution in [0.4, 0.5) is 0 Å². The van der Waals surface area contributed by atoms with E-state index in [0.29, 0.717) is 6.54 Å². The normalized spacial score (nSPS) is 9.88. The molecule has 0 aliphatic carbocycles. The van der Waals surface area contributed by atoms with Gasteiger partial charge in [-0.2, -0.15) is 0 Å². The maximum Gasteiger partial charge on any atom is 0.0976 e. The minimum atomic E-state index is -0.123. The second kappa shape index (κ2) is 4.77. The molecular formula is C5H11NO2. The molecule has 0 amide bonds. The molecule has 0 heterocycles. The van der Waals surface area contributed by atoms with Crippen LogP contribution in [0, 0.1) is 0 Å². The molecule has 0 unspecified atom stereocenters. The lowest BCUT2D eigenvalue weighted by Gasteiger charge is -2.11. The van der Waals surface area contributed by atoms with Crippen molar-refractivity contribution in [2.75, 3.05) is 20.0 Å². The highest BCUT2D eigenvalue weighted by Crippen LogP contribution is 1.80. The summed E-state index contributed by atoms with van der Waals surface area (Å²) in [5.41, 5.74) is 0. The number of hydrogen-bond donors (Lipinski definition) is 2. The average Bonchev–Trinajstić information content (AvgIpc) is 1.83. The van der Waals surface area contributed by atoms with Gasteiger partial charge in [0.25, 0.3) is 0 Å². The van der Waals surface area contributed by atoms with Crippen molar-refractivity contribution in [1.29, 1.82) is 0 Å². The third kappa shape index (κ3) is 2.74. The predicted molar refractivity (Wildman–Crippen MR) is 31.1 cm³/mol. The average molecular weight is 117 g/mol. The summed E-state index contributed by atoms with van der Waals surface area (Å²) in [7, 11) is 0. The lowest BCUT2D eigenvalue weighted by molar-refractivity contribution is 0.0391. The van der Waals surface area contributed by atoms with E-state index < -0.39 is 0 Å². The van der Waals surface area contributed by atoms with Crippen molar-refractivity contribution >= 4 is 0 Å². The van der Waals surface area contributed by atoms with Gasteiger partial charge in [-0.25, -0.2) is 0 Å². The highest BCUT2D eigenvalue weighted by atomic mass is 16.3. The summed E-state index contributed by atoms with van der Waals surface area (Å²) in [5, 5.41) is 16.8. The first-order valence-electron chi connectivity index (χ1n) is 2.40. The smallest absolute Gasteiger partial charge is 0.0976 e. The van der Waals surface area contributed by atoms with Gasteiger partial charge in [0.2, 0.25) is 0 Å². The highest BCUT2D eigenvalue weighted by Gasteiger charge is 1.93. The van der Waals surface area contributed by atoms with E-state index in [0.717, 1.165) is 0 Å². The summed E-state index contributed by atoms with van der Waals surface area (Å²) in [6, 6.07) is 0. The van der Waals surface area contributed by atoms with E-state index in [-0.39, 0.29) is 13.5 Å². The zero-order chi connectivity index (χ0) is 6.41. The molecule has 0 bridgehead atoms. The Balaban J connectivity index is 3.20. The minimum absolute atomic E-state index is 0.123. The zero-order valence-corrected chi connectivity index (χ0v) is 4.75. The molecule has 0 saturated heterocycles. The van der Waals surface area contributed by atoms with Crippen molar-refractivity contribution in [3.05, 3.63) is 12.7 Å². The number of hydrogen-bond acceptors (Lipinski definition) is 3. The fourth-order valence-electron chi connectivity index (χ4n) is 0.343. The van der Waals surface area contributed by atoms with Gasteiger partial charge in [0.15, 0.2) is 0 Å². The van der Waals surface area contributed by atoms with Gasteiger partial charge in [0.05, 0.1) is 13.5 Å². The third-order valence-electron chi connectivity index (χ3n) is 0.787. The van der Waals surface area contributed by atoms with Gasteiger partial charge >= 0.3 is 0 Å². The van der Waals surface area contributed by atoms with Crippen LogP contribution in [0.25, 0.3) is 0 Å². The van der Waals surface area contributed by atoms with E-state index in [1.807, 2.05) is 0 Å². The minimum Gasteiger partial charge on any atom is -0.381 e. The fraction of sp³-hybridized carbons (Fsp3) is 0.600. The Labute approximate surface area is 48.9 Å². The van der Waals surface area contributed by atoms with Gasteiger partial charge in [0, 0.05) is 6.54 Å². The Morgan fingerprint density at radius 3 is 2.00 bits per heavy atom. The van der Waals surface area contributed by atoms with Crippen LogP contribution in [0.2, 0.25) is 0 Å². The van der Waals surface area contributed by atoms with Gasteiger partial charge in [-0.15, -0.1) is 6.58 Å². The van der Waals surface area contributed by atoms with Crippen LogP contribution in [0.3, 0.4) is 0 Å². The summed E-state index contributed by atoms with van der Waals surface area (Å²) >= 11 is 0. The second-order valence-electron chi connectivity index (χ2n) is 1.42. The summed E-state index contributed by atoms with van der Waals surface area (Å²) < 4.78 is 0. The molecule has 0 spiro atoms. The Morgan fingerprint density at radius 1 is 1.38 bits per heavy atom. The van der Waals surface area contributed by atoms with Gasteiger partial charge < -0.3 is 10.2 Å². The molecule has 0 aliphatic rings. The molecule has 0 aromatic heterocycles. The van der Waals surface area contributed by atoms with E-state index >= 15 is 0 Å². The second-order valence-corrected chi connectivity index (χ2v) is 1.42. The van der Waals surface area contributed by atoms with E-state index in [2.05, 4.69) is 6.58 Å². The van der Waals surface area contributed by atoms with Crippen molar-refractivity contribution in [3.8, 4) is 0 Å². The zero-order valence-electron chi connectivity index (χ0n) is 4.75. The molecule has 3 nitrogen and oxygen atoms in total. The Hall–Kier alpha value is -0.380. The third-order valence-corrected chi connectivity index (χ3v) is 0.787. The monoisotopic (exact) mass is 117 g/mol. The van der Waals surface area contributed by atoms with E-state index in [9.17, 15) is 0 Å². The molecule has 0 aromatic carbocycles. The lowest BCUT2D eigenvalue weighted by atomic mass is 10.6. The molecule has 3 heteroatoms. The Morgan fingerprint density at radius 2 is 1.88 bits per heavy atom. The van der Waals surface area contributed by atoms with Crippen molar-refractivity contribution in [2.24, 2.45) is 0 Å². The number of nitrogens with zero attached hydrogens (tertiary/aromatic N) is 1. The largest absolute Gasteiger partial charge is 0.381 e. The van der Waals surface area contributed by atoms with Crippen molar-refractivity contribution in [1.82, 2.24) is 4.90 Å². The fourth-order valence-corrected chi connectivity index (χ4v) is 0.343. The summed E-state index contributed by atoms with van der Waals surface area (Å²) in [5.74, 6) is 0. The quantitative estimate of drug-likeness (QED) is 0.381. The molecule has 0 atom stereocenters. The first-order valence-corrected chi connectivity index (χ1v) is 2.40. The summed E-state index contributed by atoms with van der Waals surface area (Å²) in [4.78, 5) is 1.42. The number of aliphatic hydroxyl groups is 2. The van der Waals surface area contributed by atoms with Crippen molar-refractivity contribution < 1.29 is 10.2 Å². The van der Waals surface area contributed by atoms with Gasteiger partial charge in [-0.05, 0) is 0 Å². The van der Waals surface area contributed by atoms with Crippen LogP contribution in [0.5, 0.6) is 0 Å². The van der Waals surface area contributed by atoms with Gasteiger partial charge in [0.1, 0.15) is 0 Å². The van der Waals surface area contributed by atoms with Crippen LogP contribution in [-0.2, 0) is 0 Å². The number of rotatable bonds is 4. The molecule has 0 aliphatic heterocycles. The van der Waals surface area contributed by atoms with Crippen LogP contribution < -0.4 is 0 Å². The lowest BCUT2D eigenvalue weighted by Crippen LogP contribution is -2.25. The number of aliphatic hydroxyl groups excluding tert-OH is 2. The SMILES string of the molecule is C=CCN(CO)CO. The van der Waals surface area contributed by atoms with E-state index in [4.69, 9.17) is 10.2 Å². The Bertz CT molecular complexity index is 61.4.